The highest BCUT2D eigenvalue weighted by Gasteiger charge is 2.23. The van der Waals surface area contributed by atoms with Crippen LogP contribution in [0.5, 0.6) is 0 Å². The third-order valence-electron chi connectivity index (χ3n) is 19.0. The molecule has 9 aromatic carbocycles. The third-order valence-corrected chi connectivity index (χ3v) is 19.0. The van der Waals surface area contributed by atoms with Crippen molar-refractivity contribution in [2.24, 2.45) is 0 Å². The molecule has 0 aliphatic heterocycles. The molecule has 10 nitrogen and oxygen atoms in total. The van der Waals surface area contributed by atoms with Crippen LogP contribution in [0.3, 0.4) is 0 Å². The van der Waals surface area contributed by atoms with Gasteiger partial charge in [-0.15, -0.1) is 0 Å². The molecule has 0 N–H and O–H groups in total. The van der Waals surface area contributed by atoms with Crippen molar-refractivity contribution in [2.75, 3.05) is 0 Å². The minimum Gasteiger partial charge on any atom is -0.309 e. The van der Waals surface area contributed by atoms with Gasteiger partial charge < -0.3 is 9.13 Å². The second-order valence-corrected chi connectivity index (χ2v) is 24.5. The van der Waals surface area contributed by atoms with Crippen molar-refractivity contribution in [3.63, 3.8) is 0 Å². The molecule has 0 fully saturated rings. The summed E-state index contributed by atoms with van der Waals surface area (Å²) in [7, 11) is 0. The zero-order valence-electron chi connectivity index (χ0n) is 51.5. The maximum atomic E-state index is 4.77. The zero-order chi connectivity index (χ0) is 63.2. The van der Waals surface area contributed by atoms with Gasteiger partial charge in [-0.3, -0.25) is 39.9 Å². The molecule has 0 saturated carbocycles. The number of pyridine rings is 8. The highest BCUT2D eigenvalue weighted by molar-refractivity contribution is 6.29. The fourth-order valence-electron chi connectivity index (χ4n) is 14.4. The van der Waals surface area contributed by atoms with Gasteiger partial charge in [-0.2, -0.15) is 0 Å². The smallest absolute Gasteiger partial charge is 0.0811 e. The van der Waals surface area contributed by atoms with Crippen molar-refractivity contribution in [3.8, 4) is 100 Å². The molecular formula is C86H52N10. The summed E-state index contributed by atoms with van der Waals surface area (Å²) in [5.74, 6) is 0. The second kappa shape index (κ2) is 22.3. The van der Waals surface area contributed by atoms with Gasteiger partial charge in [0.25, 0.3) is 0 Å². The SMILES string of the molecule is c1cnc2c(-c3ccc(-c4cc(-c5ccc(-c6cncc7cccnc67)cc5)cc(-n5c6ccccc6c6c7c8ccccc8n(-c8cc(-c9ccc(-c%10cncc%11cccnc%10%11)cc9)cc(-c9ccc(-c%10cncc%11cccnc%10%11)cc9)c8)c7ccc65)c4)cc3)cncc2c1. The fraction of sp³-hybridized carbons (Fsp3) is 0. The Morgan fingerprint density at radius 2 is 0.479 bits per heavy atom. The van der Waals surface area contributed by atoms with Crippen molar-refractivity contribution in [3.05, 3.63) is 317 Å². The molecule has 0 bridgehead atoms. The van der Waals surface area contributed by atoms with E-state index in [2.05, 4.69) is 247 Å². The van der Waals surface area contributed by atoms with Crippen LogP contribution in [-0.2, 0) is 0 Å². The maximum absolute atomic E-state index is 4.77. The van der Waals surface area contributed by atoms with E-state index in [0.29, 0.717) is 0 Å². The molecule has 10 aromatic heterocycles. The predicted molar refractivity (Wildman–Crippen MR) is 391 cm³/mol. The number of aromatic nitrogens is 10. The largest absolute Gasteiger partial charge is 0.309 e. The Hall–Kier alpha value is -13.2. The lowest BCUT2D eigenvalue weighted by molar-refractivity contribution is 1.17. The van der Waals surface area contributed by atoms with Crippen LogP contribution in [-0.4, -0.2) is 49.0 Å². The van der Waals surface area contributed by atoms with Gasteiger partial charge in [0.1, 0.15) is 0 Å². The van der Waals surface area contributed by atoms with Crippen LogP contribution < -0.4 is 0 Å². The molecule has 0 unspecified atom stereocenters. The second-order valence-electron chi connectivity index (χ2n) is 24.5. The first-order chi connectivity index (χ1) is 47.6. The van der Waals surface area contributed by atoms with Crippen LogP contribution in [0.1, 0.15) is 0 Å². The Bertz CT molecular complexity index is 5620. The van der Waals surface area contributed by atoms with Crippen LogP contribution in [0, 0.1) is 0 Å². The first-order valence-electron chi connectivity index (χ1n) is 32.0. The monoisotopic (exact) mass is 1220 g/mol. The highest BCUT2D eigenvalue weighted by Crippen LogP contribution is 2.45. The third kappa shape index (κ3) is 9.10. The van der Waals surface area contributed by atoms with Crippen LogP contribution in [0.4, 0.5) is 0 Å². The minimum absolute atomic E-state index is 0.927. The quantitative estimate of drug-likeness (QED) is 0.133. The lowest BCUT2D eigenvalue weighted by Gasteiger charge is -2.16. The Balaban J connectivity index is 0.788. The Morgan fingerprint density at radius 3 is 0.771 bits per heavy atom. The fourth-order valence-corrected chi connectivity index (χ4v) is 14.4. The van der Waals surface area contributed by atoms with Crippen LogP contribution in [0.2, 0.25) is 0 Å². The molecule has 446 valence electrons. The van der Waals surface area contributed by atoms with Crippen LogP contribution in [0.25, 0.3) is 188 Å². The maximum Gasteiger partial charge on any atom is 0.0811 e. The number of benzene rings is 9. The Kier molecular flexibility index (Phi) is 12.7. The molecule has 96 heavy (non-hydrogen) atoms. The molecule has 0 atom stereocenters. The summed E-state index contributed by atoms with van der Waals surface area (Å²) in [5, 5.41) is 8.72. The molecule has 0 saturated heterocycles. The van der Waals surface area contributed by atoms with E-state index in [0.717, 1.165) is 166 Å². The van der Waals surface area contributed by atoms with Gasteiger partial charge in [0.2, 0.25) is 0 Å². The highest BCUT2D eigenvalue weighted by atomic mass is 15.0. The number of nitrogens with zero attached hydrogens (tertiary/aromatic N) is 10. The Labute approximate surface area is 550 Å². The van der Waals surface area contributed by atoms with E-state index < -0.39 is 0 Å². The van der Waals surface area contributed by atoms with Gasteiger partial charge in [-0.05, 0) is 176 Å². The van der Waals surface area contributed by atoms with Crippen molar-refractivity contribution in [1.29, 1.82) is 0 Å². The Morgan fingerprint density at radius 1 is 0.208 bits per heavy atom. The van der Waals surface area contributed by atoms with E-state index in [9.17, 15) is 0 Å². The summed E-state index contributed by atoms with van der Waals surface area (Å²) in [6, 6.07) is 87.8. The number of hydrogen-bond donors (Lipinski definition) is 0. The van der Waals surface area contributed by atoms with Gasteiger partial charge >= 0.3 is 0 Å². The number of fused-ring (bicyclic) bond motifs is 11. The van der Waals surface area contributed by atoms with Gasteiger partial charge in [0, 0.05) is 151 Å². The minimum atomic E-state index is 0.927. The molecule has 19 rings (SSSR count). The van der Waals surface area contributed by atoms with Crippen LogP contribution >= 0.6 is 0 Å². The molecule has 10 heteroatoms. The normalized spacial score (nSPS) is 11.8. The molecule has 0 amide bonds. The molecule has 0 aliphatic carbocycles. The van der Waals surface area contributed by atoms with E-state index in [1.54, 1.807) is 0 Å². The zero-order valence-corrected chi connectivity index (χ0v) is 51.5. The lowest BCUT2D eigenvalue weighted by atomic mass is 9.95. The summed E-state index contributed by atoms with van der Waals surface area (Å²) in [6.45, 7) is 0. The van der Waals surface area contributed by atoms with E-state index in [1.807, 2.05) is 98.6 Å². The summed E-state index contributed by atoms with van der Waals surface area (Å²) in [4.78, 5) is 37.5. The van der Waals surface area contributed by atoms with Crippen molar-refractivity contribution >= 4 is 87.2 Å². The summed E-state index contributed by atoms with van der Waals surface area (Å²) in [5.41, 5.74) is 27.1. The van der Waals surface area contributed by atoms with E-state index in [-0.39, 0.29) is 0 Å². The number of para-hydroxylation sites is 2. The molecular weight excluding hydrogens is 1170 g/mol. The average molecular weight is 1230 g/mol. The van der Waals surface area contributed by atoms with Gasteiger partial charge in [-0.1, -0.05) is 133 Å². The lowest BCUT2D eigenvalue weighted by Crippen LogP contribution is -1.97. The van der Waals surface area contributed by atoms with Gasteiger partial charge in [-0.25, -0.2) is 0 Å². The van der Waals surface area contributed by atoms with E-state index in [1.165, 1.54) is 21.5 Å². The molecule has 10 heterocycles. The summed E-state index contributed by atoms with van der Waals surface area (Å²) < 4.78 is 4.93. The molecule has 19 aromatic rings. The summed E-state index contributed by atoms with van der Waals surface area (Å²) >= 11 is 0. The first kappa shape index (κ1) is 54.5. The van der Waals surface area contributed by atoms with Crippen LogP contribution in [0.15, 0.2) is 317 Å². The standard InChI is InChI=1S/C86H52N10/c1-3-15-77-71(13-1)81-79(95(77)69-41-65(53-17-25-57(26-18-53)73-49-87-45-61-9-5-35-91-83(61)73)39-66(42-69)54-19-27-58(28-20-54)74-50-88-46-62-10-6-36-92-84(62)74)33-34-80-82(81)72-14-2-4-16-78(72)96(80)70-43-67(55-21-29-59(30-22-55)75-51-89-47-63-11-7-37-93-85(63)75)40-68(44-70)56-23-31-60(32-24-56)76-52-90-48-64-12-8-38-94-86(64)76/h1-52H. The van der Waals surface area contributed by atoms with E-state index in [4.69, 9.17) is 19.9 Å². The average Bonchev–Trinajstić information content (AvgIpc) is 1.54. The first-order valence-corrected chi connectivity index (χ1v) is 32.0. The van der Waals surface area contributed by atoms with Gasteiger partial charge in [0.15, 0.2) is 0 Å². The summed E-state index contributed by atoms with van der Waals surface area (Å²) in [6.07, 6.45) is 22.5. The van der Waals surface area contributed by atoms with Crippen molar-refractivity contribution < 1.29 is 0 Å². The number of rotatable bonds is 10. The van der Waals surface area contributed by atoms with Gasteiger partial charge in [0.05, 0.1) is 44.1 Å². The predicted octanol–water partition coefficient (Wildman–Crippen LogP) is 21.0. The number of hydrogen-bond acceptors (Lipinski definition) is 8. The molecule has 0 spiro atoms. The van der Waals surface area contributed by atoms with Crippen molar-refractivity contribution in [1.82, 2.24) is 49.0 Å². The van der Waals surface area contributed by atoms with E-state index >= 15 is 0 Å². The van der Waals surface area contributed by atoms with Crippen molar-refractivity contribution in [2.45, 2.75) is 0 Å². The molecule has 0 radical (unpaired) electrons. The molecule has 0 aliphatic rings. The topological polar surface area (TPSA) is 113 Å².